The molecule has 43 heavy (non-hydrogen) atoms. The lowest BCUT2D eigenvalue weighted by Crippen LogP contribution is -2.58. The van der Waals surface area contributed by atoms with Gasteiger partial charge >= 0.3 is 6.09 Å². The fourth-order valence-corrected chi connectivity index (χ4v) is 5.89. The predicted molar refractivity (Wildman–Crippen MR) is 155 cm³/mol. The van der Waals surface area contributed by atoms with Crippen LogP contribution >= 0.6 is 0 Å². The molecule has 2 atom stereocenters. The molecule has 0 bridgehead atoms. The first-order valence-corrected chi connectivity index (χ1v) is 14.8. The van der Waals surface area contributed by atoms with Crippen LogP contribution in [-0.2, 0) is 37.6 Å². The molecule has 0 unspecified atom stereocenters. The highest BCUT2D eigenvalue weighted by Gasteiger charge is 2.52. The first kappa shape index (κ1) is 32.6. The Kier molecular flexibility index (Phi) is 11.3. The van der Waals surface area contributed by atoms with Crippen LogP contribution in [0.2, 0.25) is 0 Å². The van der Waals surface area contributed by atoms with Crippen LogP contribution in [0.4, 0.5) is 13.6 Å². The highest BCUT2D eigenvalue weighted by Crippen LogP contribution is 2.44. The smallest absolute Gasteiger partial charge is 0.407 e. The number of halogens is 2. The van der Waals surface area contributed by atoms with Crippen molar-refractivity contribution in [2.24, 2.45) is 5.92 Å². The van der Waals surface area contributed by atoms with Gasteiger partial charge in [-0.1, -0.05) is 12.1 Å². The summed E-state index contributed by atoms with van der Waals surface area (Å²) in [6.07, 6.45) is 2.20. The third-order valence-electron chi connectivity index (χ3n) is 8.12. The van der Waals surface area contributed by atoms with Gasteiger partial charge in [0.05, 0.1) is 12.5 Å². The molecule has 236 valence electrons. The quantitative estimate of drug-likeness (QED) is 0.286. The number of carboxylic acid groups (broad SMARTS) is 1. The van der Waals surface area contributed by atoms with E-state index >= 15 is 0 Å². The second-order valence-corrected chi connectivity index (χ2v) is 11.1. The fourth-order valence-electron chi connectivity index (χ4n) is 5.89. The maximum Gasteiger partial charge on any atom is 0.407 e. The van der Waals surface area contributed by atoms with Gasteiger partial charge in [-0.25, -0.2) is 13.6 Å². The van der Waals surface area contributed by atoms with Gasteiger partial charge in [0, 0.05) is 53.1 Å². The van der Waals surface area contributed by atoms with Gasteiger partial charge in [0.1, 0.15) is 18.0 Å². The van der Waals surface area contributed by atoms with Crippen LogP contribution in [0, 0.1) is 17.6 Å². The van der Waals surface area contributed by atoms with Crippen LogP contribution < -0.4 is 4.74 Å². The zero-order chi connectivity index (χ0) is 31.0. The lowest BCUT2D eigenvalue weighted by molar-refractivity contribution is -0.164. The van der Waals surface area contributed by atoms with Gasteiger partial charge in [-0.05, 0) is 80.0 Å². The highest BCUT2D eigenvalue weighted by atomic mass is 19.2. The van der Waals surface area contributed by atoms with Crippen LogP contribution in [-0.4, -0.2) is 86.7 Å². The van der Waals surface area contributed by atoms with E-state index in [1.165, 1.54) is 11.0 Å². The lowest BCUT2D eigenvalue weighted by atomic mass is 9.74. The number of benzene rings is 2. The summed E-state index contributed by atoms with van der Waals surface area (Å²) in [6, 6.07) is 9.44. The standard InChI is InChI=1S/C32H42F2N2O7/c1-4-43-32(24-7-10-28(33)29(34)19-24)11-12-35(31(38)39)21-27(32)30(37)36(25-8-9-25)20-23-16-22(6-5-13-40-2)17-26(18-23)42-15-14-41-3/h7,10,16-19,25,27H,4-6,8-9,11-15,20-21H2,1-3H3,(H,38,39)/t27-,32+/m1/s1. The number of nitrogens with zero attached hydrogens (tertiary/aromatic N) is 2. The van der Waals surface area contributed by atoms with E-state index in [0.29, 0.717) is 31.1 Å². The Bertz CT molecular complexity index is 1230. The maximum atomic E-state index is 14.6. The summed E-state index contributed by atoms with van der Waals surface area (Å²) in [5.41, 5.74) is 0.922. The van der Waals surface area contributed by atoms with Gasteiger partial charge in [-0.3, -0.25) is 4.79 Å². The molecule has 9 nitrogen and oxygen atoms in total. The van der Waals surface area contributed by atoms with Gasteiger partial charge < -0.3 is 33.9 Å². The summed E-state index contributed by atoms with van der Waals surface area (Å²) in [6.45, 7) is 3.64. The van der Waals surface area contributed by atoms with Crippen molar-refractivity contribution < 1.29 is 42.4 Å². The first-order chi connectivity index (χ1) is 20.7. The molecule has 1 saturated carbocycles. The molecule has 1 heterocycles. The number of carbonyl (C=O) groups excluding carboxylic acids is 1. The molecular weight excluding hydrogens is 562 g/mol. The Morgan fingerprint density at radius 1 is 1.02 bits per heavy atom. The summed E-state index contributed by atoms with van der Waals surface area (Å²) in [5.74, 6) is -2.63. The average Bonchev–Trinajstić information content (AvgIpc) is 3.83. The van der Waals surface area contributed by atoms with Crippen molar-refractivity contribution in [3.8, 4) is 5.75 Å². The lowest BCUT2D eigenvalue weighted by Gasteiger charge is -2.47. The van der Waals surface area contributed by atoms with E-state index in [1.54, 1.807) is 26.0 Å². The zero-order valence-electron chi connectivity index (χ0n) is 25.2. The highest BCUT2D eigenvalue weighted by molar-refractivity contribution is 5.82. The second kappa shape index (κ2) is 14.9. The van der Waals surface area contributed by atoms with Crippen LogP contribution in [0.1, 0.15) is 49.3 Å². The van der Waals surface area contributed by atoms with E-state index in [9.17, 15) is 23.5 Å². The molecule has 4 rings (SSSR count). The van der Waals surface area contributed by atoms with E-state index in [0.717, 1.165) is 48.9 Å². The Balaban J connectivity index is 1.70. The molecule has 1 saturated heterocycles. The number of hydrogen-bond donors (Lipinski definition) is 1. The summed E-state index contributed by atoms with van der Waals surface area (Å²) >= 11 is 0. The third-order valence-corrected chi connectivity index (χ3v) is 8.12. The van der Waals surface area contributed by atoms with Crippen molar-refractivity contribution in [1.29, 1.82) is 0 Å². The zero-order valence-corrected chi connectivity index (χ0v) is 25.2. The molecule has 1 aliphatic heterocycles. The number of carbonyl (C=O) groups is 2. The van der Waals surface area contributed by atoms with E-state index < -0.39 is 29.2 Å². The Morgan fingerprint density at radius 3 is 2.42 bits per heavy atom. The first-order valence-electron chi connectivity index (χ1n) is 14.8. The molecule has 0 spiro atoms. The second-order valence-electron chi connectivity index (χ2n) is 11.1. The molecule has 0 aromatic heterocycles. The molecule has 2 aliphatic rings. The van der Waals surface area contributed by atoms with Crippen LogP contribution in [0.3, 0.4) is 0 Å². The van der Waals surface area contributed by atoms with Gasteiger partial charge in [-0.15, -0.1) is 0 Å². The van der Waals surface area contributed by atoms with Gasteiger partial charge in [-0.2, -0.15) is 0 Å². The number of ether oxygens (including phenoxy) is 4. The molecule has 0 radical (unpaired) electrons. The summed E-state index contributed by atoms with van der Waals surface area (Å²) in [4.78, 5) is 29.6. The normalized spacial score (nSPS) is 20.2. The van der Waals surface area contributed by atoms with E-state index in [4.69, 9.17) is 18.9 Å². The minimum absolute atomic E-state index is 0.0213. The Morgan fingerprint density at radius 2 is 1.77 bits per heavy atom. The fraction of sp³-hybridized carbons (Fsp3) is 0.562. The average molecular weight is 605 g/mol. The Hall–Kier alpha value is -3.28. The van der Waals surface area contributed by atoms with Gasteiger partial charge in [0.15, 0.2) is 11.6 Å². The van der Waals surface area contributed by atoms with E-state index in [2.05, 4.69) is 6.07 Å². The largest absolute Gasteiger partial charge is 0.491 e. The molecule has 1 N–H and O–H groups in total. The molecule has 2 aromatic carbocycles. The van der Waals surface area contributed by atoms with Crippen LogP contribution in [0.5, 0.6) is 5.75 Å². The number of hydrogen-bond acceptors (Lipinski definition) is 6. The topological polar surface area (TPSA) is 97.8 Å². The number of piperidine rings is 1. The molecule has 2 fully saturated rings. The van der Waals surface area contributed by atoms with Crippen LogP contribution in [0.25, 0.3) is 0 Å². The number of rotatable bonds is 15. The third kappa shape index (κ3) is 8.01. The minimum atomic E-state index is -1.32. The predicted octanol–water partition coefficient (Wildman–Crippen LogP) is 4.99. The number of likely N-dealkylation sites (tertiary alicyclic amines) is 1. The van der Waals surface area contributed by atoms with Gasteiger partial charge in [0.25, 0.3) is 0 Å². The van der Waals surface area contributed by atoms with Crippen molar-refractivity contribution in [3.05, 3.63) is 64.7 Å². The summed E-state index contributed by atoms with van der Waals surface area (Å²) < 4.78 is 51.0. The van der Waals surface area contributed by atoms with Gasteiger partial charge in [0.2, 0.25) is 5.91 Å². The molecule has 2 aromatic rings. The van der Waals surface area contributed by atoms with Crippen molar-refractivity contribution >= 4 is 12.0 Å². The number of aryl methyl sites for hydroxylation is 1. The molecule has 2 amide bonds. The monoisotopic (exact) mass is 604 g/mol. The molecule has 1 aliphatic carbocycles. The van der Waals surface area contributed by atoms with E-state index in [1.807, 2.05) is 12.1 Å². The summed E-state index contributed by atoms with van der Waals surface area (Å²) in [7, 11) is 3.27. The minimum Gasteiger partial charge on any atom is -0.491 e. The number of methoxy groups -OCH3 is 2. The molecular formula is C32H42F2N2O7. The van der Waals surface area contributed by atoms with Crippen LogP contribution in [0.15, 0.2) is 36.4 Å². The molecule has 11 heteroatoms. The summed E-state index contributed by atoms with van der Waals surface area (Å²) in [5, 5.41) is 9.84. The van der Waals surface area contributed by atoms with Crippen molar-refractivity contribution in [2.45, 2.75) is 57.2 Å². The Labute approximate surface area is 251 Å². The van der Waals surface area contributed by atoms with E-state index in [-0.39, 0.29) is 44.6 Å². The SMILES string of the molecule is CCO[C@]1(c2ccc(F)c(F)c2)CCN(C(=O)O)C[C@@H]1C(=O)N(Cc1cc(CCCOC)cc(OCCOC)c1)C1CC1. The van der Waals surface area contributed by atoms with Crippen molar-refractivity contribution in [1.82, 2.24) is 9.80 Å². The van der Waals surface area contributed by atoms with Crippen molar-refractivity contribution in [2.75, 3.05) is 53.7 Å². The van der Waals surface area contributed by atoms with Crippen molar-refractivity contribution in [3.63, 3.8) is 0 Å². The number of amides is 2. The maximum absolute atomic E-state index is 14.6.